The van der Waals surface area contributed by atoms with E-state index in [4.69, 9.17) is 0 Å². The van der Waals surface area contributed by atoms with E-state index in [2.05, 4.69) is 20.5 Å². The van der Waals surface area contributed by atoms with E-state index in [1.54, 1.807) is 7.05 Å². The fourth-order valence-corrected chi connectivity index (χ4v) is 4.08. The highest BCUT2D eigenvalue weighted by Gasteiger charge is 2.40. The first-order chi connectivity index (χ1) is 11.7. The number of hydrogen-bond acceptors (Lipinski definition) is 2. The molecule has 0 radical (unpaired) electrons. The highest BCUT2D eigenvalue weighted by atomic mass is 127. The minimum Gasteiger partial charge on any atom is -0.355 e. The van der Waals surface area contributed by atoms with Crippen LogP contribution in [-0.4, -0.2) is 44.0 Å². The molecule has 0 unspecified atom stereocenters. The van der Waals surface area contributed by atoms with Crippen LogP contribution in [0.1, 0.15) is 48.0 Å². The van der Waals surface area contributed by atoms with E-state index in [0.717, 1.165) is 31.2 Å². The Hall–Kier alpha value is -1.31. The zero-order valence-electron chi connectivity index (χ0n) is 15.2. The fourth-order valence-electron chi connectivity index (χ4n) is 4.08. The molecular formula is C19H29IN4O. The number of benzene rings is 1. The molecule has 25 heavy (non-hydrogen) atoms. The Bertz CT molecular complexity index is 608. The Labute approximate surface area is 167 Å². The third kappa shape index (κ3) is 4.65. The van der Waals surface area contributed by atoms with Crippen molar-refractivity contribution in [2.24, 2.45) is 10.4 Å². The first kappa shape index (κ1) is 20.0. The van der Waals surface area contributed by atoms with Crippen LogP contribution >= 0.6 is 24.0 Å². The normalized spacial score (nSPS) is 19.0. The Kier molecular flexibility index (Phi) is 7.10. The van der Waals surface area contributed by atoms with Crippen LogP contribution in [0.4, 0.5) is 0 Å². The molecule has 1 spiro atoms. The van der Waals surface area contributed by atoms with Gasteiger partial charge in [-0.2, -0.15) is 0 Å². The molecule has 1 saturated heterocycles. The summed E-state index contributed by atoms with van der Waals surface area (Å²) in [4.78, 5) is 18.5. The molecule has 138 valence electrons. The number of guanidine groups is 1. The van der Waals surface area contributed by atoms with Gasteiger partial charge in [0.15, 0.2) is 5.96 Å². The lowest BCUT2D eigenvalue weighted by Crippen LogP contribution is -2.40. The van der Waals surface area contributed by atoms with Crippen molar-refractivity contribution >= 4 is 35.8 Å². The summed E-state index contributed by atoms with van der Waals surface area (Å²) in [6.07, 6.45) is 6.83. The molecule has 1 aliphatic heterocycles. The summed E-state index contributed by atoms with van der Waals surface area (Å²) in [5.41, 5.74) is 2.39. The van der Waals surface area contributed by atoms with Gasteiger partial charge < -0.3 is 15.5 Å². The molecule has 2 fully saturated rings. The first-order valence-corrected chi connectivity index (χ1v) is 8.92. The van der Waals surface area contributed by atoms with Gasteiger partial charge in [-0.05, 0) is 42.4 Å². The van der Waals surface area contributed by atoms with Gasteiger partial charge in [-0.1, -0.05) is 25.0 Å². The Morgan fingerprint density at radius 2 is 1.88 bits per heavy atom. The molecule has 0 atom stereocenters. The monoisotopic (exact) mass is 456 g/mol. The standard InChI is InChI=1S/C19H28N4O.HI/c1-20-17(24)16-7-5-15(6-8-16)13-22-18(21-2)23-12-11-19(14-23)9-3-4-10-19;/h5-8H,3-4,9-14H2,1-2H3,(H,20,24)(H,21,22);1H. The largest absolute Gasteiger partial charge is 0.355 e. The van der Waals surface area contributed by atoms with E-state index in [1.165, 1.54) is 32.1 Å². The first-order valence-electron chi connectivity index (χ1n) is 8.92. The summed E-state index contributed by atoms with van der Waals surface area (Å²) in [7, 11) is 3.51. The summed E-state index contributed by atoms with van der Waals surface area (Å²) in [6.45, 7) is 2.97. The molecule has 1 saturated carbocycles. The average molecular weight is 456 g/mol. The number of nitrogens with zero attached hydrogens (tertiary/aromatic N) is 2. The van der Waals surface area contributed by atoms with Crippen molar-refractivity contribution in [1.82, 2.24) is 15.5 Å². The SMILES string of the molecule is CN=C(NCc1ccc(C(=O)NC)cc1)N1CCC2(CCCC2)C1.I. The molecule has 0 bridgehead atoms. The van der Waals surface area contributed by atoms with Crippen LogP contribution < -0.4 is 10.6 Å². The topological polar surface area (TPSA) is 56.7 Å². The van der Waals surface area contributed by atoms with Crippen LogP contribution in [0, 0.1) is 5.41 Å². The molecular weight excluding hydrogens is 427 g/mol. The van der Waals surface area contributed by atoms with Gasteiger partial charge in [0.2, 0.25) is 0 Å². The molecule has 5 nitrogen and oxygen atoms in total. The van der Waals surface area contributed by atoms with Crippen molar-refractivity contribution in [3.63, 3.8) is 0 Å². The van der Waals surface area contributed by atoms with E-state index in [1.807, 2.05) is 31.3 Å². The number of halogens is 1. The van der Waals surface area contributed by atoms with Gasteiger partial charge in [0.25, 0.3) is 5.91 Å². The molecule has 0 aromatic heterocycles. The quantitative estimate of drug-likeness (QED) is 0.418. The van der Waals surface area contributed by atoms with E-state index < -0.39 is 0 Å². The molecule has 6 heteroatoms. The summed E-state index contributed by atoms with van der Waals surface area (Å²) in [5.74, 6) is 0.943. The smallest absolute Gasteiger partial charge is 0.251 e. The molecule has 2 N–H and O–H groups in total. The number of rotatable bonds is 3. The van der Waals surface area contributed by atoms with Crippen LogP contribution in [-0.2, 0) is 6.54 Å². The maximum atomic E-state index is 11.6. The van der Waals surface area contributed by atoms with Gasteiger partial charge in [0.1, 0.15) is 0 Å². The minimum absolute atomic E-state index is 0. The second-order valence-electron chi connectivity index (χ2n) is 7.06. The lowest BCUT2D eigenvalue weighted by molar-refractivity contribution is 0.0963. The summed E-state index contributed by atoms with van der Waals surface area (Å²) in [5, 5.41) is 6.11. The van der Waals surface area contributed by atoms with Crippen molar-refractivity contribution in [2.45, 2.75) is 38.6 Å². The van der Waals surface area contributed by atoms with Crippen molar-refractivity contribution in [3.8, 4) is 0 Å². The van der Waals surface area contributed by atoms with Crippen molar-refractivity contribution in [3.05, 3.63) is 35.4 Å². The van der Waals surface area contributed by atoms with Gasteiger partial charge in [0, 0.05) is 39.3 Å². The predicted octanol–water partition coefficient (Wildman–Crippen LogP) is 3.01. The zero-order valence-corrected chi connectivity index (χ0v) is 17.5. The summed E-state index contributed by atoms with van der Waals surface area (Å²) >= 11 is 0. The summed E-state index contributed by atoms with van der Waals surface area (Å²) < 4.78 is 0. The maximum Gasteiger partial charge on any atom is 0.251 e. The molecule has 1 amide bonds. The number of likely N-dealkylation sites (tertiary alicyclic amines) is 1. The van der Waals surface area contributed by atoms with Crippen LogP contribution in [0.25, 0.3) is 0 Å². The molecule has 1 aromatic carbocycles. The lowest BCUT2D eigenvalue weighted by atomic mass is 9.86. The van der Waals surface area contributed by atoms with Gasteiger partial charge in [-0.15, -0.1) is 24.0 Å². The van der Waals surface area contributed by atoms with Gasteiger partial charge in [0.05, 0.1) is 0 Å². The van der Waals surface area contributed by atoms with E-state index in [9.17, 15) is 4.79 Å². The van der Waals surface area contributed by atoms with Crippen molar-refractivity contribution in [1.29, 1.82) is 0 Å². The number of nitrogens with one attached hydrogen (secondary N) is 2. The van der Waals surface area contributed by atoms with Gasteiger partial charge in [-0.3, -0.25) is 9.79 Å². The highest BCUT2D eigenvalue weighted by molar-refractivity contribution is 14.0. The Balaban J connectivity index is 0.00000225. The molecule has 2 aliphatic rings. The lowest BCUT2D eigenvalue weighted by Gasteiger charge is -2.26. The average Bonchev–Trinajstić information content (AvgIpc) is 3.26. The van der Waals surface area contributed by atoms with Crippen molar-refractivity contribution < 1.29 is 4.79 Å². The third-order valence-corrected chi connectivity index (χ3v) is 5.51. The third-order valence-electron chi connectivity index (χ3n) is 5.51. The number of carbonyl (C=O) groups is 1. The number of carbonyl (C=O) groups excluding carboxylic acids is 1. The summed E-state index contributed by atoms with van der Waals surface area (Å²) in [6, 6.07) is 7.71. The Morgan fingerprint density at radius 1 is 1.20 bits per heavy atom. The van der Waals surface area contributed by atoms with Crippen LogP contribution in [0.15, 0.2) is 29.3 Å². The predicted molar refractivity (Wildman–Crippen MR) is 113 cm³/mol. The molecule has 3 rings (SSSR count). The van der Waals surface area contributed by atoms with Crippen LogP contribution in [0.2, 0.25) is 0 Å². The maximum absolute atomic E-state index is 11.6. The van der Waals surface area contributed by atoms with E-state index in [0.29, 0.717) is 11.0 Å². The second kappa shape index (κ2) is 8.87. The zero-order chi connectivity index (χ0) is 17.0. The highest BCUT2D eigenvalue weighted by Crippen LogP contribution is 2.45. The van der Waals surface area contributed by atoms with Crippen LogP contribution in [0.3, 0.4) is 0 Å². The van der Waals surface area contributed by atoms with Gasteiger partial charge >= 0.3 is 0 Å². The van der Waals surface area contributed by atoms with Crippen molar-refractivity contribution in [2.75, 3.05) is 27.2 Å². The Morgan fingerprint density at radius 3 is 2.48 bits per heavy atom. The molecule has 1 aliphatic carbocycles. The second-order valence-corrected chi connectivity index (χ2v) is 7.06. The number of amides is 1. The fraction of sp³-hybridized carbons (Fsp3) is 0.579. The number of aliphatic imine (C=N–C) groups is 1. The number of hydrogen-bond donors (Lipinski definition) is 2. The van der Waals surface area contributed by atoms with E-state index >= 15 is 0 Å². The van der Waals surface area contributed by atoms with E-state index in [-0.39, 0.29) is 29.9 Å². The molecule has 1 heterocycles. The molecule has 1 aromatic rings. The van der Waals surface area contributed by atoms with Gasteiger partial charge in [-0.25, -0.2) is 0 Å². The minimum atomic E-state index is -0.0516. The van der Waals surface area contributed by atoms with Crippen LogP contribution in [0.5, 0.6) is 0 Å².